The minimum Gasteiger partial charge on any atom is -0.383 e. The van der Waals surface area contributed by atoms with Gasteiger partial charge in [-0.3, -0.25) is 10.7 Å². The SMILES string of the molecule is CCCOCCCNc1cc(Cl)ncc1NO. The molecule has 0 spiro atoms. The second-order valence-electron chi connectivity index (χ2n) is 3.56. The molecule has 17 heavy (non-hydrogen) atoms. The summed E-state index contributed by atoms with van der Waals surface area (Å²) in [5.41, 5.74) is 3.30. The molecule has 3 N–H and O–H groups in total. The Labute approximate surface area is 106 Å². The highest BCUT2D eigenvalue weighted by Crippen LogP contribution is 2.22. The standard InChI is InChI=1S/C11H18ClN3O2/c1-2-5-17-6-3-4-13-9-7-11(12)14-8-10(9)15-16/h7-8,15-16H,2-6H2,1H3,(H,13,14). The van der Waals surface area contributed by atoms with Crippen LogP contribution in [0.25, 0.3) is 0 Å². The van der Waals surface area contributed by atoms with Crippen LogP contribution in [0.5, 0.6) is 0 Å². The number of ether oxygens (including phenoxy) is 1. The number of halogens is 1. The van der Waals surface area contributed by atoms with Crippen molar-refractivity contribution in [3.63, 3.8) is 0 Å². The fourth-order valence-electron chi connectivity index (χ4n) is 1.31. The normalized spacial score (nSPS) is 10.3. The summed E-state index contributed by atoms with van der Waals surface area (Å²) < 4.78 is 5.36. The largest absolute Gasteiger partial charge is 0.383 e. The molecule has 0 saturated heterocycles. The second-order valence-corrected chi connectivity index (χ2v) is 3.94. The van der Waals surface area contributed by atoms with Gasteiger partial charge in [0, 0.05) is 25.8 Å². The second kappa shape index (κ2) is 8.11. The zero-order chi connectivity index (χ0) is 12.5. The summed E-state index contributed by atoms with van der Waals surface area (Å²) >= 11 is 5.77. The van der Waals surface area contributed by atoms with Gasteiger partial charge in [-0.05, 0) is 12.8 Å². The van der Waals surface area contributed by atoms with E-state index in [0.29, 0.717) is 10.8 Å². The average molecular weight is 260 g/mol. The van der Waals surface area contributed by atoms with Crippen molar-refractivity contribution in [3.8, 4) is 0 Å². The van der Waals surface area contributed by atoms with Crippen molar-refractivity contribution in [3.05, 3.63) is 17.4 Å². The van der Waals surface area contributed by atoms with Crippen LogP contribution in [0.4, 0.5) is 11.4 Å². The first-order valence-corrected chi connectivity index (χ1v) is 6.03. The molecule has 0 unspecified atom stereocenters. The Kier molecular flexibility index (Phi) is 6.69. The van der Waals surface area contributed by atoms with Crippen LogP contribution in [0.15, 0.2) is 12.3 Å². The Bertz CT molecular complexity index is 336. The fourth-order valence-corrected chi connectivity index (χ4v) is 1.47. The summed E-state index contributed by atoms with van der Waals surface area (Å²) in [6.07, 6.45) is 3.40. The highest BCUT2D eigenvalue weighted by Gasteiger charge is 2.02. The van der Waals surface area contributed by atoms with Crippen molar-refractivity contribution in [2.45, 2.75) is 19.8 Å². The van der Waals surface area contributed by atoms with Crippen LogP contribution in [0.3, 0.4) is 0 Å². The molecule has 0 aromatic carbocycles. The van der Waals surface area contributed by atoms with Crippen LogP contribution in [0.1, 0.15) is 19.8 Å². The third kappa shape index (κ3) is 5.21. The Morgan fingerprint density at radius 3 is 2.94 bits per heavy atom. The maximum Gasteiger partial charge on any atom is 0.131 e. The predicted octanol–water partition coefficient (Wildman–Crippen LogP) is 2.76. The van der Waals surface area contributed by atoms with E-state index in [1.807, 2.05) is 0 Å². The fraction of sp³-hybridized carbons (Fsp3) is 0.545. The van der Waals surface area contributed by atoms with Gasteiger partial charge in [0.1, 0.15) is 10.8 Å². The average Bonchev–Trinajstić information content (AvgIpc) is 2.34. The van der Waals surface area contributed by atoms with Crippen LogP contribution < -0.4 is 10.8 Å². The van der Waals surface area contributed by atoms with Gasteiger partial charge in [-0.1, -0.05) is 18.5 Å². The highest BCUT2D eigenvalue weighted by molar-refractivity contribution is 6.29. The first-order chi connectivity index (χ1) is 8.27. The molecular formula is C11H18ClN3O2. The maximum atomic E-state index is 8.88. The number of nitrogens with zero attached hydrogens (tertiary/aromatic N) is 1. The molecule has 5 nitrogen and oxygen atoms in total. The van der Waals surface area contributed by atoms with Crippen molar-refractivity contribution in [2.24, 2.45) is 0 Å². The van der Waals surface area contributed by atoms with Gasteiger partial charge in [0.2, 0.25) is 0 Å². The lowest BCUT2D eigenvalue weighted by Crippen LogP contribution is -2.08. The predicted molar refractivity (Wildman–Crippen MR) is 68.9 cm³/mol. The van der Waals surface area contributed by atoms with E-state index in [2.05, 4.69) is 22.7 Å². The molecule has 0 aliphatic carbocycles. The van der Waals surface area contributed by atoms with Crippen LogP contribution in [0.2, 0.25) is 5.15 Å². The van der Waals surface area contributed by atoms with E-state index < -0.39 is 0 Å². The number of pyridine rings is 1. The maximum absolute atomic E-state index is 8.88. The van der Waals surface area contributed by atoms with Crippen molar-refractivity contribution in [2.75, 3.05) is 30.6 Å². The third-order valence-electron chi connectivity index (χ3n) is 2.12. The Morgan fingerprint density at radius 1 is 1.41 bits per heavy atom. The van der Waals surface area contributed by atoms with Gasteiger partial charge in [-0.15, -0.1) is 0 Å². The number of anilines is 2. The number of hydrogen-bond acceptors (Lipinski definition) is 5. The Hall–Kier alpha value is -1.04. The molecule has 0 fully saturated rings. The number of rotatable bonds is 8. The van der Waals surface area contributed by atoms with E-state index in [9.17, 15) is 0 Å². The van der Waals surface area contributed by atoms with E-state index in [0.717, 1.165) is 38.3 Å². The van der Waals surface area contributed by atoms with Crippen LogP contribution >= 0.6 is 11.6 Å². The summed E-state index contributed by atoms with van der Waals surface area (Å²) in [5.74, 6) is 0. The first kappa shape index (κ1) is 14.0. The van der Waals surface area contributed by atoms with E-state index in [1.54, 1.807) is 6.07 Å². The molecule has 0 amide bonds. The van der Waals surface area contributed by atoms with E-state index in [1.165, 1.54) is 6.20 Å². The molecule has 96 valence electrons. The molecule has 1 aromatic rings. The lowest BCUT2D eigenvalue weighted by molar-refractivity contribution is 0.134. The third-order valence-corrected chi connectivity index (χ3v) is 2.33. The zero-order valence-electron chi connectivity index (χ0n) is 9.87. The van der Waals surface area contributed by atoms with Gasteiger partial charge < -0.3 is 10.1 Å². The molecule has 0 saturated carbocycles. The molecule has 1 aromatic heterocycles. The minimum absolute atomic E-state index is 0.383. The van der Waals surface area contributed by atoms with Gasteiger partial charge in [-0.2, -0.15) is 0 Å². The molecule has 0 atom stereocenters. The topological polar surface area (TPSA) is 66.4 Å². The molecular weight excluding hydrogens is 242 g/mol. The van der Waals surface area contributed by atoms with E-state index in [-0.39, 0.29) is 0 Å². The molecule has 0 aliphatic heterocycles. The molecule has 0 aliphatic rings. The quantitative estimate of drug-likeness (QED) is 0.381. The molecule has 6 heteroatoms. The monoisotopic (exact) mass is 259 g/mol. The van der Waals surface area contributed by atoms with Crippen LogP contribution in [-0.4, -0.2) is 29.9 Å². The number of aromatic nitrogens is 1. The molecule has 1 rings (SSSR count). The first-order valence-electron chi connectivity index (χ1n) is 5.65. The van der Waals surface area contributed by atoms with E-state index >= 15 is 0 Å². The number of hydrogen-bond donors (Lipinski definition) is 3. The summed E-state index contributed by atoms with van der Waals surface area (Å²) in [7, 11) is 0. The van der Waals surface area contributed by atoms with E-state index in [4.69, 9.17) is 21.5 Å². The molecule has 1 heterocycles. The lowest BCUT2D eigenvalue weighted by Gasteiger charge is -2.10. The summed E-state index contributed by atoms with van der Waals surface area (Å²) in [6.45, 7) is 4.35. The minimum atomic E-state index is 0.383. The molecule has 0 bridgehead atoms. The lowest BCUT2D eigenvalue weighted by atomic mass is 10.3. The van der Waals surface area contributed by atoms with Gasteiger partial charge >= 0.3 is 0 Å². The van der Waals surface area contributed by atoms with Crippen molar-refractivity contribution < 1.29 is 9.94 Å². The summed E-state index contributed by atoms with van der Waals surface area (Å²) in [5, 5.41) is 12.4. The Balaban J connectivity index is 2.32. The smallest absolute Gasteiger partial charge is 0.131 e. The van der Waals surface area contributed by atoms with Gasteiger partial charge in [0.05, 0.1) is 11.9 Å². The zero-order valence-corrected chi connectivity index (χ0v) is 10.6. The molecule has 0 radical (unpaired) electrons. The van der Waals surface area contributed by atoms with Gasteiger partial charge in [-0.25, -0.2) is 4.98 Å². The van der Waals surface area contributed by atoms with Crippen molar-refractivity contribution in [1.29, 1.82) is 0 Å². The van der Waals surface area contributed by atoms with Crippen molar-refractivity contribution >= 4 is 23.0 Å². The van der Waals surface area contributed by atoms with Gasteiger partial charge in [0.25, 0.3) is 0 Å². The van der Waals surface area contributed by atoms with Crippen LogP contribution in [0, 0.1) is 0 Å². The van der Waals surface area contributed by atoms with Gasteiger partial charge in [0.15, 0.2) is 0 Å². The van der Waals surface area contributed by atoms with Crippen LogP contribution in [-0.2, 0) is 4.74 Å². The summed E-state index contributed by atoms with van der Waals surface area (Å²) in [4.78, 5) is 3.86. The Morgan fingerprint density at radius 2 is 2.24 bits per heavy atom. The number of nitrogens with one attached hydrogen (secondary N) is 2. The highest BCUT2D eigenvalue weighted by atomic mass is 35.5. The summed E-state index contributed by atoms with van der Waals surface area (Å²) in [6, 6.07) is 1.66. The van der Waals surface area contributed by atoms with Crippen molar-refractivity contribution in [1.82, 2.24) is 4.98 Å².